The van der Waals surface area contributed by atoms with Gasteiger partial charge in [-0.1, -0.05) is 6.92 Å². The number of carbonyl (C=O) groups excluding carboxylic acids is 1. The molecule has 0 aromatic carbocycles. The van der Waals surface area contributed by atoms with Gasteiger partial charge in [0.05, 0.1) is 6.54 Å². The number of aromatic nitrogens is 3. The molecule has 0 saturated carbocycles. The molecule has 0 aliphatic rings. The van der Waals surface area contributed by atoms with Gasteiger partial charge in [-0.05, 0) is 20.8 Å². The molecule has 0 bridgehead atoms. The Hall–Kier alpha value is -1.39. The second-order valence-electron chi connectivity index (χ2n) is 5.45. The first-order valence-corrected chi connectivity index (χ1v) is 8.25. The normalized spacial score (nSPS) is 11.1. The number of aliphatic imine (C=N–C) groups is 1. The minimum atomic E-state index is 0. The van der Waals surface area contributed by atoms with Crippen molar-refractivity contribution in [1.29, 1.82) is 0 Å². The van der Waals surface area contributed by atoms with Gasteiger partial charge in [0.1, 0.15) is 12.2 Å². The highest BCUT2D eigenvalue weighted by atomic mass is 127. The highest BCUT2D eigenvalue weighted by Crippen LogP contribution is 1.94. The van der Waals surface area contributed by atoms with Crippen LogP contribution in [0, 0.1) is 0 Å². The van der Waals surface area contributed by atoms with Crippen LogP contribution in [0.25, 0.3) is 0 Å². The van der Waals surface area contributed by atoms with Crippen LogP contribution in [0.4, 0.5) is 0 Å². The number of guanidine groups is 1. The Bertz CT molecular complexity index is 502. The van der Waals surface area contributed by atoms with Crippen molar-refractivity contribution < 1.29 is 4.79 Å². The Morgan fingerprint density at radius 2 is 2.08 bits per heavy atom. The van der Waals surface area contributed by atoms with Crippen molar-refractivity contribution in [3.63, 3.8) is 0 Å². The van der Waals surface area contributed by atoms with E-state index in [2.05, 4.69) is 38.1 Å². The van der Waals surface area contributed by atoms with Crippen LogP contribution in [0.1, 0.15) is 39.9 Å². The monoisotopic (exact) mass is 451 g/mol. The minimum absolute atomic E-state index is 0. The lowest BCUT2D eigenvalue weighted by molar-refractivity contribution is -0.121. The molecule has 1 aromatic heterocycles. The van der Waals surface area contributed by atoms with Crippen LogP contribution in [0.2, 0.25) is 0 Å². The zero-order valence-corrected chi connectivity index (χ0v) is 17.3. The number of aryl methyl sites for hydroxylation is 1. The summed E-state index contributed by atoms with van der Waals surface area (Å²) in [6.07, 6.45) is 2.99. The van der Waals surface area contributed by atoms with Crippen LogP contribution in [0.3, 0.4) is 0 Å². The van der Waals surface area contributed by atoms with Gasteiger partial charge in [-0.15, -0.1) is 34.2 Å². The smallest absolute Gasteiger partial charge is 0.222 e. The number of halogens is 1. The van der Waals surface area contributed by atoms with Crippen molar-refractivity contribution in [2.45, 2.75) is 53.1 Å². The second-order valence-corrected chi connectivity index (χ2v) is 5.45. The van der Waals surface area contributed by atoms with E-state index in [4.69, 9.17) is 0 Å². The van der Waals surface area contributed by atoms with Crippen molar-refractivity contribution in [1.82, 2.24) is 30.7 Å². The van der Waals surface area contributed by atoms with Crippen LogP contribution in [-0.4, -0.2) is 52.3 Å². The number of rotatable bonds is 9. The van der Waals surface area contributed by atoms with Gasteiger partial charge in [-0.3, -0.25) is 9.79 Å². The zero-order valence-electron chi connectivity index (χ0n) is 15.0. The zero-order chi connectivity index (χ0) is 17.1. The molecule has 0 fully saturated rings. The Morgan fingerprint density at radius 1 is 1.33 bits per heavy atom. The van der Waals surface area contributed by atoms with E-state index in [1.54, 1.807) is 6.33 Å². The second kappa shape index (κ2) is 13.0. The molecule has 1 aromatic rings. The first-order valence-electron chi connectivity index (χ1n) is 8.25. The Balaban J connectivity index is 0.00000529. The van der Waals surface area contributed by atoms with Gasteiger partial charge in [-0.25, -0.2) is 0 Å². The fourth-order valence-electron chi connectivity index (χ4n) is 2.04. The molecule has 3 N–H and O–H groups in total. The summed E-state index contributed by atoms with van der Waals surface area (Å²) in [4.78, 5) is 16.0. The van der Waals surface area contributed by atoms with Crippen molar-refractivity contribution in [2.75, 3.05) is 19.6 Å². The van der Waals surface area contributed by atoms with Crippen LogP contribution < -0.4 is 16.0 Å². The molecule has 24 heavy (non-hydrogen) atoms. The maximum absolute atomic E-state index is 11.6. The van der Waals surface area contributed by atoms with Gasteiger partial charge < -0.3 is 20.5 Å². The molecule has 1 rings (SSSR count). The fraction of sp³-hybridized carbons (Fsp3) is 0.733. The quantitative estimate of drug-likeness (QED) is 0.295. The number of nitrogens with zero attached hydrogens (tertiary/aromatic N) is 4. The van der Waals surface area contributed by atoms with Crippen molar-refractivity contribution in [3.8, 4) is 0 Å². The molecular formula is C15H30IN7O. The fourth-order valence-corrected chi connectivity index (χ4v) is 2.04. The van der Waals surface area contributed by atoms with E-state index >= 15 is 0 Å². The molecule has 9 heteroatoms. The third-order valence-electron chi connectivity index (χ3n) is 3.06. The summed E-state index contributed by atoms with van der Waals surface area (Å²) in [6, 6.07) is 0.161. The Kier molecular flexibility index (Phi) is 12.2. The third-order valence-corrected chi connectivity index (χ3v) is 3.06. The summed E-state index contributed by atoms with van der Waals surface area (Å²) in [5, 5.41) is 17.3. The van der Waals surface area contributed by atoms with Crippen molar-refractivity contribution in [3.05, 3.63) is 12.2 Å². The molecule has 138 valence electrons. The van der Waals surface area contributed by atoms with Crippen LogP contribution >= 0.6 is 24.0 Å². The molecule has 8 nitrogen and oxygen atoms in total. The summed E-state index contributed by atoms with van der Waals surface area (Å²) in [7, 11) is 0. The Labute approximate surface area is 161 Å². The average Bonchev–Trinajstić information content (AvgIpc) is 2.94. The van der Waals surface area contributed by atoms with Gasteiger partial charge in [-0.2, -0.15) is 0 Å². The van der Waals surface area contributed by atoms with Gasteiger partial charge in [0.15, 0.2) is 5.96 Å². The van der Waals surface area contributed by atoms with E-state index in [1.165, 1.54) is 0 Å². The van der Waals surface area contributed by atoms with Crippen LogP contribution in [0.15, 0.2) is 11.3 Å². The Morgan fingerprint density at radius 3 is 2.71 bits per heavy atom. The number of carbonyl (C=O) groups is 1. The molecule has 0 atom stereocenters. The van der Waals surface area contributed by atoms with E-state index in [0.29, 0.717) is 13.0 Å². The van der Waals surface area contributed by atoms with Crippen LogP contribution in [-0.2, 0) is 17.8 Å². The number of hydrogen-bond donors (Lipinski definition) is 3. The predicted octanol–water partition coefficient (Wildman–Crippen LogP) is 0.928. The van der Waals surface area contributed by atoms with Gasteiger partial charge in [0.2, 0.25) is 5.91 Å². The molecule has 0 aliphatic heterocycles. The van der Waals surface area contributed by atoms with E-state index in [0.717, 1.165) is 37.8 Å². The lowest BCUT2D eigenvalue weighted by atomic mass is 10.3. The highest BCUT2D eigenvalue weighted by Gasteiger charge is 2.04. The van der Waals surface area contributed by atoms with E-state index in [1.807, 2.05) is 25.3 Å². The molecular weight excluding hydrogens is 421 g/mol. The summed E-state index contributed by atoms with van der Waals surface area (Å²) >= 11 is 0. The summed E-state index contributed by atoms with van der Waals surface area (Å²) < 4.78 is 2.02. The van der Waals surface area contributed by atoms with E-state index in [-0.39, 0.29) is 35.9 Å². The molecule has 0 saturated heterocycles. The molecule has 0 aliphatic carbocycles. The summed E-state index contributed by atoms with van der Waals surface area (Å²) in [5.41, 5.74) is 0. The molecule has 1 heterocycles. The van der Waals surface area contributed by atoms with E-state index < -0.39 is 0 Å². The third kappa shape index (κ3) is 9.04. The summed E-state index contributed by atoms with van der Waals surface area (Å²) in [5.74, 6) is 1.71. The first kappa shape index (κ1) is 22.6. The van der Waals surface area contributed by atoms with Crippen LogP contribution in [0.5, 0.6) is 0 Å². The maximum Gasteiger partial charge on any atom is 0.222 e. The number of nitrogens with one attached hydrogen (secondary N) is 3. The lowest BCUT2D eigenvalue weighted by Gasteiger charge is -2.12. The van der Waals surface area contributed by atoms with Gasteiger partial charge in [0.25, 0.3) is 0 Å². The number of amides is 1. The van der Waals surface area contributed by atoms with Crippen molar-refractivity contribution in [2.24, 2.45) is 4.99 Å². The van der Waals surface area contributed by atoms with Gasteiger partial charge >= 0.3 is 0 Å². The molecule has 0 radical (unpaired) electrons. The van der Waals surface area contributed by atoms with E-state index in [9.17, 15) is 4.79 Å². The maximum atomic E-state index is 11.6. The molecule has 0 unspecified atom stereocenters. The lowest BCUT2D eigenvalue weighted by Crippen LogP contribution is -2.39. The first-order chi connectivity index (χ1) is 11.1. The van der Waals surface area contributed by atoms with Crippen molar-refractivity contribution >= 4 is 35.8 Å². The standard InChI is InChI=1S/C15H29N7O.HI/c1-5-13-21-19-11-22(13)10-9-18-15(16-6-2)17-8-7-14(23)20-12(3)4;/h11-12H,5-10H2,1-4H3,(H,20,23)(H2,16,17,18);1H. The topological polar surface area (TPSA) is 96.2 Å². The number of hydrogen-bond acceptors (Lipinski definition) is 4. The largest absolute Gasteiger partial charge is 0.357 e. The molecule has 1 amide bonds. The highest BCUT2D eigenvalue weighted by molar-refractivity contribution is 14.0. The molecule has 0 spiro atoms. The average molecular weight is 451 g/mol. The minimum Gasteiger partial charge on any atom is -0.357 e. The van der Waals surface area contributed by atoms with Gasteiger partial charge in [0, 0.05) is 38.5 Å². The SMILES string of the molecule is CCNC(=NCCC(=O)NC(C)C)NCCn1cnnc1CC.I. The summed E-state index contributed by atoms with van der Waals surface area (Å²) in [6.45, 7) is 10.7. The predicted molar refractivity (Wildman–Crippen MR) is 107 cm³/mol.